The number of hydrogen-bond donors (Lipinski definition) is 1. The van der Waals surface area contributed by atoms with Crippen molar-refractivity contribution >= 4 is 39.0 Å². The molecule has 2 rings (SSSR count). The molecule has 2 aromatic heterocycles. The van der Waals surface area contributed by atoms with E-state index in [9.17, 15) is 8.42 Å². The smallest absolute Gasteiger partial charge is 0.314 e. The van der Waals surface area contributed by atoms with Crippen LogP contribution in [-0.4, -0.2) is 23.5 Å². The minimum Gasteiger partial charge on any atom is -0.314 e. The van der Waals surface area contributed by atoms with E-state index in [1.165, 1.54) is 0 Å². The van der Waals surface area contributed by atoms with E-state index in [2.05, 4.69) is 24.4 Å². The highest BCUT2D eigenvalue weighted by Gasteiger charge is 2.20. The van der Waals surface area contributed by atoms with E-state index in [-0.39, 0.29) is 14.7 Å². The minimum atomic E-state index is -3.75. The Hall–Kier alpha value is -1.19. The monoisotopic (exact) mass is 280 g/mol. The Morgan fingerprint density at radius 3 is 2.81 bits per heavy atom. The second-order valence-electron chi connectivity index (χ2n) is 2.68. The molecular formula is C6H5ClN4O3S2. The van der Waals surface area contributed by atoms with Crippen molar-refractivity contribution in [1.82, 2.24) is 15.1 Å². The number of aryl methyl sites for hydroxylation is 1. The van der Waals surface area contributed by atoms with Gasteiger partial charge < -0.3 is 4.52 Å². The first-order chi connectivity index (χ1) is 7.47. The average Bonchev–Trinajstić information content (AvgIpc) is 2.75. The zero-order valence-corrected chi connectivity index (χ0v) is 10.2. The van der Waals surface area contributed by atoms with Gasteiger partial charge in [-0.2, -0.15) is 4.98 Å². The predicted molar refractivity (Wildman–Crippen MR) is 57.0 cm³/mol. The maximum atomic E-state index is 11.7. The lowest BCUT2D eigenvalue weighted by atomic mass is 10.8. The van der Waals surface area contributed by atoms with Crippen LogP contribution in [0.1, 0.15) is 5.82 Å². The van der Waals surface area contributed by atoms with Gasteiger partial charge in [0.05, 0.1) is 6.20 Å². The molecule has 0 aromatic carbocycles. The van der Waals surface area contributed by atoms with E-state index in [0.29, 0.717) is 5.82 Å². The number of nitrogens with one attached hydrogen (secondary N) is 1. The molecule has 16 heavy (non-hydrogen) atoms. The Morgan fingerprint density at radius 1 is 1.56 bits per heavy atom. The van der Waals surface area contributed by atoms with Crippen molar-refractivity contribution in [3.63, 3.8) is 0 Å². The van der Waals surface area contributed by atoms with Gasteiger partial charge in [0.1, 0.15) is 0 Å². The molecule has 0 aliphatic rings. The van der Waals surface area contributed by atoms with Crippen molar-refractivity contribution < 1.29 is 12.9 Å². The van der Waals surface area contributed by atoms with Gasteiger partial charge in [-0.15, -0.1) is 0 Å². The van der Waals surface area contributed by atoms with Crippen LogP contribution in [0, 0.1) is 6.92 Å². The Kier molecular flexibility index (Phi) is 2.82. The molecule has 0 fully saturated rings. The lowest BCUT2D eigenvalue weighted by Crippen LogP contribution is -2.11. The van der Waals surface area contributed by atoms with Crippen LogP contribution in [0.15, 0.2) is 14.9 Å². The SMILES string of the molecule is Cc1noc(NS(=O)(=O)c2cnc(Cl)s2)n1. The summed E-state index contributed by atoms with van der Waals surface area (Å²) in [7, 11) is -3.75. The maximum absolute atomic E-state index is 11.7. The van der Waals surface area contributed by atoms with Crippen molar-refractivity contribution in [3.8, 4) is 0 Å². The molecule has 7 nitrogen and oxygen atoms in total. The first-order valence-electron chi connectivity index (χ1n) is 3.92. The molecule has 0 spiro atoms. The van der Waals surface area contributed by atoms with E-state index in [1.807, 2.05) is 0 Å². The highest BCUT2D eigenvalue weighted by Crippen LogP contribution is 2.23. The summed E-state index contributed by atoms with van der Waals surface area (Å²) >= 11 is 6.37. The molecule has 0 bridgehead atoms. The molecule has 0 amide bonds. The number of thiazole rings is 1. The summed E-state index contributed by atoms with van der Waals surface area (Å²) in [5.74, 6) is 0.333. The summed E-state index contributed by atoms with van der Waals surface area (Å²) in [6.45, 7) is 1.57. The number of sulfonamides is 1. The molecular weight excluding hydrogens is 276 g/mol. The lowest BCUT2D eigenvalue weighted by molar-refractivity contribution is 0.429. The Bertz CT molecular complexity index is 605. The molecule has 0 aliphatic carbocycles. The van der Waals surface area contributed by atoms with Crippen LogP contribution >= 0.6 is 22.9 Å². The van der Waals surface area contributed by atoms with Crippen LogP contribution in [-0.2, 0) is 10.0 Å². The first kappa shape index (κ1) is 11.3. The normalized spacial score (nSPS) is 11.6. The van der Waals surface area contributed by atoms with E-state index in [0.717, 1.165) is 17.5 Å². The Labute approximate surface area is 99.5 Å². The number of halogens is 1. The Morgan fingerprint density at radius 2 is 2.31 bits per heavy atom. The third kappa shape index (κ3) is 2.31. The molecule has 0 saturated heterocycles. The minimum absolute atomic E-state index is 0.0200. The number of nitrogens with zero attached hydrogens (tertiary/aromatic N) is 3. The highest BCUT2D eigenvalue weighted by atomic mass is 35.5. The van der Waals surface area contributed by atoms with Gasteiger partial charge in [-0.3, -0.25) is 0 Å². The van der Waals surface area contributed by atoms with Crippen LogP contribution in [0.4, 0.5) is 6.01 Å². The Balaban J connectivity index is 2.27. The van der Waals surface area contributed by atoms with E-state index in [4.69, 9.17) is 11.6 Å². The van der Waals surface area contributed by atoms with E-state index < -0.39 is 10.0 Å². The molecule has 2 heterocycles. The fraction of sp³-hybridized carbons (Fsp3) is 0.167. The number of hydrogen-bond acceptors (Lipinski definition) is 7. The maximum Gasteiger partial charge on any atom is 0.335 e. The third-order valence-electron chi connectivity index (χ3n) is 1.47. The van der Waals surface area contributed by atoms with Gasteiger partial charge >= 0.3 is 6.01 Å². The molecule has 10 heteroatoms. The van der Waals surface area contributed by atoms with Gasteiger partial charge in [0, 0.05) is 0 Å². The third-order valence-corrected chi connectivity index (χ3v) is 4.37. The number of aromatic nitrogens is 3. The largest absolute Gasteiger partial charge is 0.335 e. The van der Waals surface area contributed by atoms with Gasteiger partial charge in [-0.1, -0.05) is 28.1 Å². The summed E-state index contributed by atoms with van der Waals surface area (Å²) in [6.07, 6.45) is 1.15. The van der Waals surface area contributed by atoms with Crippen molar-refractivity contribution in [3.05, 3.63) is 16.5 Å². The topological polar surface area (TPSA) is 98.0 Å². The van der Waals surface area contributed by atoms with Crippen molar-refractivity contribution in [1.29, 1.82) is 0 Å². The zero-order valence-electron chi connectivity index (χ0n) is 7.84. The fourth-order valence-corrected chi connectivity index (χ4v) is 3.08. The van der Waals surface area contributed by atoms with Gasteiger partial charge in [0.25, 0.3) is 10.0 Å². The van der Waals surface area contributed by atoms with E-state index >= 15 is 0 Å². The molecule has 0 unspecified atom stereocenters. The van der Waals surface area contributed by atoms with Crippen LogP contribution in [0.5, 0.6) is 0 Å². The van der Waals surface area contributed by atoms with Crippen LogP contribution in [0.25, 0.3) is 0 Å². The molecule has 0 saturated carbocycles. The molecule has 1 N–H and O–H groups in total. The number of anilines is 1. The standard InChI is InChI=1S/C6H5ClN4O3S2/c1-3-9-6(14-10-3)11-16(12,13)4-2-8-5(7)15-4/h2H,1H3,(H,9,10,11). The van der Waals surface area contributed by atoms with Gasteiger partial charge in [-0.25, -0.2) is 18.1 Å². The van der Waals surface area contributed by atoms with Crippen LogP contribution in [0.3, 0.4) is 0 Å². The predicted octanol–water partition coefficient (Wildman–Crippen LogP) is 1.29. The lowest BCUT2D eigenvalue weighted by Gasteiger charge is -1.98. The number of rotatable bonds is 3. The quantitative estimate of drug-likeness (QED) is 0.909. The van der Waals surface area contributed by atoms with Gasteiger partial charge in [0.2, 0.25) is 0 Å². The van der Waals surface area contributed by atoms with Crippen molar-refractivity contribution in [2.75, 3.05) is 4.72 Å². The molecule has 0 aliphatic heterocycles. The second kappa shape index (κ2) is 4.00. The summed E-state index contributed by atoms with van der Waals surface area (Å²) in [6, 6.07) is -0.193. The summed E-state index contributed by atoms with van der Waals surface area (Å²) < 4.78 is 30.3. The molecule has 0 radical (unpaired) electrons. The molecule has 0 atom stereocenters. The second-order valence-corrected chi connectivity index (χ2v) is 6.21. The van der Waals surface area contributed by atoms with Crippen molar-refractivity contribution in [2.24, 2.45) is 0 Å². The fourth-order valence-electron chi connectivity index (χ4n) is 0.867. The van der Waals surface area contributed by atoms with Crippen molar-refractivity contribution in [2.45, 2.75) is 11.1 Å². The van der Waals surface area contributed by atoms with Crippen LogP contribution in [0.2, 0.25) is 4.47 Å². The first-order valence-corrected chi connectivity index (χ1v) is 6.59. The van der Waals surface area contributed by atoms with Crippen LogP contribution < -0.4 is 4.72 Å². The zero-order chi connectivity index (χ0) is 11.8. The summed E-state index contributed by atoms with van der Waals surface area (Å²) in [4.78, 5) is 7.34. The van der Waals surface area contributed by atoms with E-state index in [1.54, 1.807) is 6.92 Å². The molecule has 2 aromatic rings. The summed E-state index contributed by atoms with van der Waals surface area (Å²) in [5.41, 5.74) is 0. The highest BCUT2D eigenvalue weighted by molar-refractivity contribution is 7.94. The summed E-state index contributed by atoms with van der Waals surface area (Å²) in [5, 5.41) is 3.45. The molecule has 86 valence electrons. The van der Waals surface area contributed by atoms with Gasteiger partial charge in [-0.05, 0) is 6.92 Å². The average molecular weight is 281 g/mol. The van der Waals surface area contributed by atoms with Gasteiger partial charge in [0.15, 0.2) is 14.5 Å².